The molecule has 0 saturated heterocycles. The summed E-state index contributed by atoms with van der Waals surface area (Å²) in [7, 11) is 0. The van der Waals surface area contributed by atoms with Gasteiger partial charge >= 0.3 is 0 Å². The van der Waals surface area contributed by atoms with Crippen LogP contribution in [0.2, 0.25) is 0 Å². The van der Waals surface area contributed by atoms with E-state index >= 15 is 0 Å². The molecule has 1 heteroatoms. The van der Waals surface area contributed by atoms with Gasteiger partial charge in [0.1, 0.15) is 0 Å². The summed E-state index contributed by atoms with van der Waals surface area (Å²) in [6, 6.07) is 0. The molecule has 1 rings (SSSR count). The third kappa shape index (κ3) is 4.10. The summed E-state index contributed by atoms with van der Waals surface area (Å²) in [4.78, 5) is 0. The van der Waals surface area contributed by atoms with Gasteiger partial charge in [0, 0.05) is 0 Å². The van der Waals surface area contributed by atoms with Crippen LogP contribution in [0.15, 0.2) is 0 Å². The van der Waals surface area contributed by atoms with Crippen molar-refractivity contribution in [3.63, 3.8) is 0 Å². The third-order valence-electron chi connectivity index (χ3n) is 2.96. The van der Waals surface area contributed by atoms with Crippen molar-refractivity contribution in [1.82, 2.24) is 0 Å². The van der Waals surface area contributed by atoms with Crippen molar-refractivity contribution < 1.29 is 5.11 Å². The average molecular weight is 170 g/mol. The number of hydrogen-bond donors (Lipinski definition) is 1. The molecule has 0 unspecified atom stereocenters. The van der Waals surface area contributed by atoms with Crippen molar-refractivity contribution in [2.75, 3.05) is 0 Å². The molecule has 0 aliphatic heterocycles. The van der Waals surface area contributed by atoms with Crippen LogP contribution in [-0.2, 0) is 0 Å². The van der Waals surface area contributed by atoms with E-state index in [0.717, 1.165) is 12.3 Å². The lowest BCUT2D eigenvalue weighted by molar-refractivity contribution is 0.175. The molecule has 0 aromatic carbocycles. The number of hydrogen-bond acceptors (Lipinski definition) is 1. The van der Waals surface area contributed by atoms with Gasteiger partial charge in [-0.25, -0.2) is 0 Å². The SMILES string of the molecule is C[C@@H](O)CCCC1CCCCC1. The fraction of sp³-hybridized carbons (Fsp3) is 1.00. The summed E-state index contributed by atoms with van der Waals surface area (Å²) in [5.41, 5.74) is 0. The van der Waals surface area contributed by atoms with E-state index in [1.807, 2.05) is 6.92 Å². The predicted molar refractivity (Wildman–Crippen MR) is 52.1 cm³/mol. The van der Waals surface area contributed by atoms with Crippen LogP contribution in [0.5, 0.6) is 0 Å². The highest BCUT2D eigenvalue weighted by Crippen LogP contribution is 2.27. The Bertz CT molecular complexity index is 104. The molecular formula is C11H22O. The minimum Gasteiger partial charge on any atom is -0.393 e. The van der Waals surface area contributed by atoms with Crippen LogP contribution >= 0.6 is 0 Å². The van der Waals surface area contributed by atoms with Crippen molar-refractivity contribution in [2.45, 2.75) is 64.4 Å². The Balaban J connectivity index is 1.98. The highest BCUT2D eigenvalue weighted by molar-refractivity contribution is 4.66. The molecule has 0 amide bonds. The van der Waals surface area contributed by atoms with E-state index in [-0.39, 0.29) is 6.10 Å². The normalized spacial score (nSPS) is 22.5. The molecule has 1 saturated carbocycles. The van der Waals surface area contributed by atoms with E-state index in [9.17, 15) is 0 Å². The molecule has 0 heterocycles. The van der Waals surface area contributed by atoms with Gasteiger partial charge in [0.05, 0.1) is 6.10 Å². The van der Waals surface area contributed by atoms with E-state index < -0.39 is 0 Å². The van der Waals surface area contributed by atoms with Crippen LogP contribution < -0.4 is 0 Å². The van der Waals surface area contributed by atoms with E-state index in [1.165, 1.54) is 44.9 Å². The highest BCUT2D eigenvalue weighted by atomic mass is 16.3. The fourth-order valence-corrected chi connectivity index (χ4v) is 2.18. The van der Waals surface area contributed by atoms with Gasteiger partial charge in [-0.1, -0.05) is 44.9 Å². The fourth-order valence-electron chi connectivity index (χ4n) is 2.18. The summed E-state index contributed by atoms with van der Waals surface area (Å²) in [5, 5.41) is 9.08. The maximum Gasteiger partial charge on any atom is 0.0512 e. The van der Waals surface area contributed by atoms with Gasteiger partial charge < -0.3 is 5.11 Å². The summed E-state index contributed by atoms with van der Waals surface area (Å²) in [6.07, 6.45) is 10.7. The quantitative estimate of drug-likeness (QED) is 0.687. The highest BCUT2D eigenvalue weighted by Gasteiger charge is 2.12. The van der Waals surface area contributed by atoms with Crippen molar-refractivity contribution >= 4 is 0 Å². The molecular weight excluding hydrogens is 148 g/mol. The van der Waals surface area contributed by atoms with Crippen LogP contribution in [0.3, 0.4) is 0 Å². The Morgan fingerprint density at radius 2 is 1.92 bits per heavy atom. The van der Waals surface area contributed by atoms with Crippen LogP contribution in [0.4, 0.5) is 0 Å². The largest absolute Gasteiger partial charge is 0.393 e. The molecule has 0 aromatic heterocycles. The lowest BCUT2D eigenvalue weighted by Gasteiger charge is -2.21. The Hall–Kier alpha value is -0.0400. The topological polar surface area (TPSA) is 20.2 Å². The lowest BCUT2D eigenvalue weighted by atomic mass is 9.85. The standard InChI is InChI=1S/C11H22O/c1-10(12)6-5-9-11-7-3-2-4-8-11/h10-12H,2-9H2,1H3/t10-/m1/s1. The first-order valence-electron chi connectivity index (χ1n) is 5.47. The summed E-state index contributed by atoms with van der Waals surface area (Å²) in [5.74, 6) is 0.984. The Morgan fingerprint density at radius 1 is 1.25 bits per heavy atom. The van der Waals surface area contributed by atoms with Crippen LogP contribution in [-0.4, -0.2) is 11.2 Å². The Morgan fingerprint density at radius 3 is 2.50 bits per heavy atom. The maximum absolute atomic E-state index is 9.08. The van der Waals surface area contributed by atoms with Crippen LogP contribution in [0.1, 0.15) is 58.3 Å². The molecule has 1 aliphatic rings. The van der Waals surface area contributed by atoms with Crippen molar-refractivity contribution in [1.29, 1.82) is 0 Å². The molecule has 12 heavy (non-hydrogen) atoms. The van der Waals surface area contributed by atoms with Gasteiger partial charge in [0.25, 0.3) is 0 Å². The second kappa shape index (κ2) is 5.58. The van der Waals surface area contributed by atoms with Gasteiger partial charge in [0.2, 0.25) is 0 Å². The lowest BCUT2D eigenvalue weighted by Crippen LogP contribution is -2.07. The number of rotatable bonds is 4. The molecule has 0 spiro atoms. The molecule has 1 N–H and O–H groups in total. The molecule has 0 bridgehead atoms. The average Bonchev–Trinajstić information content (AvgIpc) is 2.05. The monoisotopic (exact) mass is 170 g/mol. The van der Waals surface area contributed by atoms with Gasteiger partial charge in [-0.15, -0.1) is 0 Å². The molecule has 1 nitrogen and oxygen atoms in total. The van der Waals surface area contributed by atoms with Gasteiger partial charge in [-0.05, 0) is 19.3 Å². The zero-order valence-electron chi connectivity index (χ0n) is 8.26. The van der Waals surface area contributed by atoms with Crippen LogP contribution in [0.25, 0.3) is 0 Å². The first-order valence-corrected chi connectivity index (χ1v) is 5.47. The van der Waals surface area contributed by atoms with Crippen molar-refractivity contribution in [3.05, 3.63) is 0 Å². The predicted octanol–water partition coefficient (Wildman–Crippen LogP) is 3.12. The van der Waals surface area contributed by atoms with Gasteiger partial charge in [0.15, 0.2) is 0 Å². The first-order chi connectivity index (χ1) is 5.79. The minimum absolute atomic E-state index is 0.0893. The molecule has 1 aliphatic carbocycles. The Labute approximate surface area is 76.2 Å². The van der Waals surface area contributed by atoms with Crippen molar-refractivity contribution in [3.8, 4) is 0 Å². The third-order valence-corrected chi connectivity index (χ3v) is 2.96. The van der Waals surface area contributed by atoms with Gasteiger partial charge in [-0.2, -0.15) is 0 Å². The second-order valence-electron chi connectivity index (χ2n) is 4.28. The number of aliphatic hydroxyl groups excluding tert-OH is 1. The van der Waals surface area contributed by atoms with E-state index in [4.69, 9.17) is 5.11 Å². The van der Waals surface area contributed by atoms with E-state index in [0.29, 0.717) is 0 Å². The van der Waals surface area contributed by atoms with E-state index in [2.05, 4.69) is 0 Å². The summed E-state index contributed by atoms with van der Waals surface area (Å²) >= 11 is 0. The zero-order chi connectivity index (χ0) is 8.81. The molecule has 0 aromatic rings. The van der Waals surface area contributed by atoms with Crippen LogP contribution in [0, 0.1) is 5.92 Å². The maximum atomic E-state index is 9.08. The van der Waals surface area contributed by atoms with Gasteiger partial charge in [-0.3, -0.25) is 0 Å². The van der Waals surface area contributed by atoms with E-state index in [1.54, 1.807) is 0 Å². The summed E-state index contributed by atoms with van der Waals surface area (Å²) in [6.45, 7) is 1.89. The second-order valence-corrected chi connectivity index (χ2v) is 4.28. The molecule has 0 radical (unpaired) electrons. The molecule has 1 fully saturated rings. The number of aliphatic hydroxyl groups is 1. The van der Waals surface area contributed by atoms with Crippen molar-refractivity contribution in [2.24, 2.45) is 5.92 Å². The molecule has 72 valence electrons. The zero-order valence-corrected chi connectivity index (χ0v) is 8.26. The Kier molecular flexibility index (Phi) is 4.67. The molecule has 1 atom stereocenters. The minimum atomic E-state index is -0.0893. The smallest absolute Gasteiger partial charge is 0.0512 e. The first kappa shape index (κ1) is 10.0. The summed E-state index contributed by atoms with van der Waals surface area (Å²) < 4.78 is 0.